The molecule has 0 unspecified atom stereocenters. The molecule has 0 N–H and O–H groups in total. The van der Waals surface area contributed by atoms with E-state index in [1.165, 1.54) is 64.2 Å². The van der Waals surface area contributed by atoms with Gasteiger partial charge in [0.2, 0.25) is 0 Å². The van der Waals surface area contributed by atoms with E-state index in [0.29, 0.717) is 19.4 Å². The average molecular weight is 357 g/mol. The Kier molecular flexibility index (Phi) is 17.0. The van der Waals surface area contributed by atoms with Gasteiger partial charge in [0, 0.05) is 12.8 Å². The van der Waals surface area contributed by atoms with Gasteiger partial charge in [-0.25, -0.2) is 0 Å². The van der Waals surface area contributed by atoms with E-state index in [4.69, 9.17) is 4.74 Å². The number of carbonyl (C=O) groups excluding carboxylic acids is 2. The minimum Gasteiger partial charge on any atom is -0.466 e. The van der Waals surface area contributed by atoms with Gasteiger partial charge in [-0.3, -0.25) is 9.59 Å². The van der Waals surface area contributed by atoms with Crippen molar-refractivity contribution in [1.82, 2.24) is 0 Å². The molecule has 1 aliphatic heterocycles. The van der Waals surface area contributed by atoms with E-state index in [1.54, 1.807) is 0 Å². The van der Waals surface area contributed by atoms with Crippen LogP contribution in [-0.4, -0.2) is 24.6 Å². The molecule has 0 saturated carbocycles. The normalized spacial score (nSPS) is 13.4. The lowest BCUT2D eigenvalue weighted by atomic mass is 10.1. The fraction of sp³-hybridized carbons (Fsp3) is 0.905. The molecule has 0 radical (unpaired) electrons. The van der Waals surface area contributed by atoms with Crippen LogP contribution in [0.15, 0.2) is 0 Å². The molecule has 1 rings (SSSR count). The fourth-order valence-electron chi connectivity index (χ4n) is 2.73. The predicted molar refractivity (Wildman–Crippen MR) is 102 cm³/mol. The van der Waals surface area contributed by atoms with Crippen LogP contribution in [0.1, 0.15) is 111 Å². The third kappa shape index (κ3) is 19.1. The Labute approximate surface area is 155 Å². The van der Waals surface area contributed by atoms with Crippen molar-refractivity contribution in [3.8, 4) is 0 Å². The molecule has 1 saturated heterocycles. The number of hydrogen-bond acceptors (Lipinski definition) is 4. The number of ether oxygens (including phenoxy) is 2. The molecule has 1 heterocycles. The van der Waals surface area contributed by atoms with Gasteiger partial charge in [0.05, 0.1) is 12.7 Å². The summed E-state index contributed by atoms with van der Waals surface area (Å²) in [7, 11) is 0. The van der Waals surface area contributed by atoms with E-state index >= 15 is 0 Å². The van der Waals surface area contributed by atoms with Crippen molar-refractivity contribution in [2.45, 2.75) is 117 Å². The van der Waals surface area contributed by atoms with E-state index in [1.807, 2.05) is 13.8 Å². The van der Waals surface area contributed by atoms with Gasteiger partial charge in [-0.05, 0) is 26.7 Å². The Balaban J connectivity index is 0.000000796. The van der Waals surface area contributed by atoms with E-state index < -0.39 is 0 Å². The lowest BCUT2D eigenvalue weighted by Crippen LogP contribution is -2.10. The van der Waals surface area contributed by atoms with Crippen LogP contribution in [0, 0.1) is 0 Å². The Morgan fingerprint density at radius 3 is 1.84 bits per heavy atom. The van der Waals surface area contributed by atoms with E-state index in [9.17, 15) is 9.59 Å². The zero-order valence-corrected chi connectivity index (χ0v) is 16.8. The SMILES string of the molecule is CCCCCCCCCCCCCC(=O)OC(C)C.O=C1CCCO1. The van der Waals surface area contributed by atoms with Crippen LogP contribution in [0.4, 0.5) is 0 Å². The molecule has 0 spiro atoms. The molecular formula is C21H40O4. The minimum atomic E-state index is -0.0463. The molecule has 4 heteroatoms. The van der Waals surface area contributed by atoms with Crippen molar-refractivity contribution in [2.24, 2.45) is 0 Å². The molecule has 0 amide bonds. The van der Waals surface area contributed by atoms with Crippen molar-refractivity contribution in [1.29, 1.82) is 0 Å². The van der Waals surface area contributed by atoms with Crippen molar-refractivity contribution in [3.63, 3.8) is 0 Å². The molecule has 0 bridgehead atoms. The van der Waals surface area contributed by atoms with Crippen LogP contribution < -0.4 is 0 Å². The Morgan fingerprint density at radius 2 is 1.48 bits per heavy atom. The second kappa shape index (κ2) is 17.8. The molecule has 0 aliphatic carbocycles. The Morgan fingerprint density at radius 1 is 0.960 bits per heavy atom. The van der Waals surface area contributed by atoms with E-state index in [0.717, 1.165) is 12.8 Å². The van der Waals surface area contributed by atoms with Crippen molar-refractivity contribution in [2.75, 3.05) is 6.61 Å². The first-order chi connectivity index (χ1) is 12.1. The van der Waals surface area contributed by atoms with Gasteiger partial charge in [-0.2, -0.15) is 0 Å². The van der Waals surface area contributed by atoms with Crippen LogP contribution in [-0.2, 0) is 19.1 Å². The summed E-state index contributed by atoms with van der Waals surface area (Å²) >= 11 is 0. The fourth-order valence-corrected chi connectivity index (χ4v) is 2.73. The van der Waals surface area contributed by atoms with E-state index in [-0.39, 0.29) is 18.0 Å². The number of unbranched alkanes of at least 4 members (excludes halogenated alkanes) is 10. The molecule has 0 aromatic heterocycles. The van der Waals surface area contributed by atoms with Gasteiger partial charge in [-0.15, -0.1) is 0 Å². The third-order valence-corrected chi connectivity index (χ3v) is 4.14. The van der Waals surface area contributed by atoms with Gasteiger partial charge < -0.3 is 9.47 Å². The summed E-state index contributed by atoms with van der Waals surface area (Å²) in [5, 5.41) is 0. The summed E-state index contributed by atoms with van der Waals surface area (Å²) < 4.78 is 9.62. The molecule has 0 aromatic carbocycles. The summed E-state index contributed by atoms with van der Waals surface area (Å²) in [6.45, 7) is 6.70. The number of hydrogen-bond donors (Lipinski definition) is 0. The van der Waals surface area contributed by atoms with E-state index in [2.05, 4.69) is 11.7 Å². The summed E-state index contributed by atoms with van der Waals surface area (Å²) in [5.74, 6) is -0.0825. The Hall–Kier alpha value is -1.06. The quantitative estimate of drug-likeness (QED) is 0.302. The lowest BCUT2D eigenvalue weighted by molar-refractivity contribution is -0.147. The first-order valence-corrected chi connectivity index (χ1v) is 10.4. The minimum absolute atomic E-state index is 0.0280. The standard InChI is InChI=1S/C17H34O2.C4H6O2/c1-4-5-6-7-8-9-10-11-12-13-14-15-17(18)19-16(2)3;5-4-2-1-3-6-4/h16H,4-15H2,1-3H3;1-3H2. The largest absolute Gasteiger partial charge is 0.466 e. The van der Waals surface area contributed by atoms with Gasteiger partial charge in [-0.1, -0.05) is 71.1 Å². The molecule has 0 aromatic rings. The molecule has 0 atom stereocenters. The van der Waals surface area contributed by atoms with Crippen molar-refractivity contribution < 1.29 is 19.1 Å². The van der Waals surface area contributed by atoms with Gasteiger partial charge in [0.1, 0.15) is 0 Å². The highest BCUT2D eigenvalue weighted by Gasteiger charge is 2.08. The zero-order chi connectivity index (χ0) is 18.8. The summed E-state index contributed by atoms with van der Waals surface area (Å²) in [6.07, 6.45) is 16.6. The van der Waals surface area contributed by atoms with Crippen LogP contribution in [0.25, 0.3) is 0 Å². The smallest absolute Gasteiger partial charge is 0.306 e. The highest BCUT2D eigenvalue weighted by atomic mass is 16.5. The number of esters is 2. The first kappa shape index (κ1) is 23.9. The van der Waals surface area contributed by atoms with Crippen molar-refractivity contribution >= 4 is 11.9 Å². The maximum Gasteiger partial charge on any atom is 0.306 e. The molecule has 4 nitrogen and oxygen atoms in total. The van der Waals surface area contributed by atoms with Gasteiger partial charge >= 0.3 is 11.9 Å². The molecule has 148 valence electrons. The molecule has 1 fully saturated rings. The third-order valence-electron chi connectivity index (χ3n) is 4.14. The first-order valence-electron chi connectivity index (χ1n) is 10.4. The number of cyclic esters (lactones) is 1. The Bertz CT molecular complexity index is 318. The number of carbonyl (C=O) groups is 2. The van der Waals surface area contributed by atoms with Crippen molar-refractivity contribution in [3.05, 3.63) is 0 Å². The molecular weight excluding hydrogens is 316 g/mol. The maximum absolute atomic E-state index is 11.3. The lowest BCUT2D eigenvalue weighted by Gasteiger charge is -2.07. The van der Waals surface area contributed by atoms with Gasteiger partial charge in [0.15, 0.2) is 0 Å². The maximum atomic E-state index is 11.3. The summed E-state index contributed by atoms with van der Waals surface area (Å²) in [4.78, 5) is 21.3. The van der Waals surface area contributed by atoms with Gasteiger partial charge in [0.25, 0.3) is 0 Å². The second-order valence-electron chi connectivity index (χ2n) is 7.15. The zero-order valence-electron chi connectivity index (χ0n) is 16.8. The van der Waals surface area contributed by atoms with Crippen LogP contribution >= 0.6 is 0 Å². The second-order valence-corrected chi connectivity index (χ2v) is 7.15. The average Bonchev–Trinajstić information content (AvgIpc) is 3.03. The predicted octanol–water partition coefficient (Wildman–Crippen LogP) is 5.96. The highest BCUT2D eigenvalue weighted by Crippen LogP contribution is 2.12. The number of rotatable bonds is 13. The molecule has 25 heavy (non-hydrogen) atoms. The summed E-state index contributed by atoms with van der Waals surface area (Å²) in [6, 6.07) is 0. The topological polar surface area (TPSA) is 52.6 Å². The van der Waals surface area contributed by atoms with Crippen LogP contribution in [0.5, 0.6) is 0 Å². The monoisotopic (exact) mass is 356 g/mol. The van der Waals surface area contributed by atoms with Crippen LogP contribution in [0.2, 0.25) is 0 Å². The summed E-state index contributed by atoms with van der Waals surface area (Å²) in [5.41, 5.74) is 0. The van der Waals surface area contributed by atoms with Crippen LogP contribution in [0.3, 0.4) is 0 Å². The molecule has 1 aliphatic rings. The highest BCUT2D eigenvalue weighted by molar-refractivity contribution is 5.70.